The van der Waals surface area contributed by atoms with Gasteiger partial charge < -0.3 is 5.32 Å². The van der Waals surface area contributed by atoms with Crippen LogP contribution in [0.15, 0.2) is 0 Å². The van der Waals surface area contributed by atoms with Crippen molar-refractivity contribution in [3.63, 3.8) is 0 Å². The number of tetrazole rings is 1. The molecule has 98 valence electrons. The summed E-state index contributed by atoms with van der Waals surface area (Å²) in [6.07, 6.45) is 0.975. The first-order chi connectivity index (χ1) is 8.06. The zero-order chi connectivity index (χ0) is 12.7. The number of H-pyrrole nitrogens is 1. The molecule has 0 saturated carbocycles. The van der Waals surface area contributed by atoms with Gasteiger partial charge in [-0.3, -0.25) is 0 Å². The predicted octanol–water partition coefficient (Wildman–Crippen LogP) is -0.993. The van der Waals surface area contributed by atoms with Gasteiger partial charge in [-0.15, -0.1) is 10.2 Å². The summed E-state index contributed by atoms with van der Waals surface area (Å²) < 4.78 is 26.0. The molecule has 1 unspecified atom stereocenters. The molecule has 0 fully saturated rings. The Kier molecular flexibility index (Phi) is 5.45. The first-order valence-electron chi connectivity index (χ1n) is 5.47. The molecule has 0 aliphatic rings. The second kappa shape index (κ2) is 6.62. The van der Waals surface area contributed by atoms with E-state index in [1.165, 1.54) is 0 Å². The third-order valence-corrected chi connectivity index (χ3v) is 3.98. The van der Waals surface area contributed by atoms with Crippen molar-refractivity contribution in [1.29, 1.82) is 0 Å². The normalized spacial score (nSPS) is 13.8. The first-order valence-corrected chi connectivity index (χ1v) is 7.02. The van der Waals surface area contributed by atoms with Crippen LogP contribution >= 0.6 is 0 Å². The minimum atomic E-state index is -3.35. The number of nitrogens with zero attached hydrogens (tertiary/aromatic N) is 3. The van der Waals surface area contributed by atoms with E-state index in [2.05, 4.69) is 30.7 Å². The van der Waals surface area contributed by atoms with Crippen LogP contribution < -0.4 is 10.0 Å². The molecule has 0 amide bonds. The molecule has 0 aliphatic heterocycles. The highest BCUT2D eigenvalue weighted by Crippen LogP contribution is 1.98. The van der Waals surface area contributed by atoms with Crippen molar-refractivity contribution in [1.82, 2.24) is 30.7 Å². The molecule has 3 N–H and O–H groups in total. The molecule has 1 aromatic heterocycles. The van der Waals surface area contributed by atoms with Crippen molar-refractivity contribution in [3.8, 4) is 0 Å². The monoisotopic (exact) mass is 262 g/mol. The van der Waals surface area contributed by atoms with E-state index in [0.717, 1.165) is 13.0 Å². The Bertz CT molecular complexity index is 404. The molecule has 17 heavy (non-hydrogen) atoms. The third kappa shape index (κ3) is 4.75. The van der Waals surface area contributed by atoms with Crippen molar-refractivity contribution in [2.24, 2.45) is 0 Å². The fourth-order valence-corrected chi connectivity index (χ4v) is 2.11. The summed E-state index contributed by atoms with van der Waals surface area (Å²) in [6.45, 7) is 4.97. The number of nitrogens with one attached hydrogen (secondary N) is 3. The minimum absolute atomic E-state index is 0.0525. The second-order valence-electron chi connectivity index (χ2n) is 3.71. The van der Waals surface area contributed by atoms with E-state index < -0.39 is 15.3 Å². The van der Waals surface area contributed by atoms with Gasteiger partial charge in [-0.2, -0.15) is 5.21 Å². The molecule has 0 aliphatic carbocycles. The molecular formula is C8H18N6O2S. The molecule has 1 atom stereocenters. The third-order valence-electron chi connectivity index (χ3n) is 2.21. The zero-order valence-corrected chi connectivity index (χ0v) is 10.8. The lowest BCUT2D eigenvalue weighted by Crippen LogP contribution is -2.39. The van der Waals surface area contributed by atoms with Gasteiger partial charge in [0.05, 0.1) is 11.8 Å². The highest BCUT2D eigenvalue weighted by atomic mass is 32.2. The standard InChI is InChI=1S/C8H18N6O2S/c1-3-4-9-5-7(2)17(15,16)10-6-8-11-13-14-12-8/h7,9-10H,3-6H2,1-2H3,(H,11,12,13,14). The molecule has 0 bridgehead atoms. The van der Waals surface area contributed by atoms with E-state index >= 15 is 0 Å². The maximum Gasteiger partial charge on any atom is 0.215 e. The molecule has 1 rings (SSSR count). The quantitative estimate of drug-likeness (QED) is 0.518. The molecule has 8 nitrogen and oxygen atoms in total. The lowest BCUT2D eigenvalue weighted by atomic mass is 10.4. The van der Waals surface area contributed by atoms with Crippen LogP contribution in [-0.2, 0) is 16.6 Å². The summed E-state index contributed by atoms with van der Waals surface area (Å²) in [5.41, 5.74) is 0. The Hall–Kier alpha value is -1.06. The van der Waals surface area contributed by atoms with Crippen LogP contribution in [0.25, 0.3) is 0 Å². The number of aromatic amines is 1. The van der Waals surface area contributed by atoms with Crippen LogP contribution in [0.4, 0.5) is 0 Å². The van der Waals surface area contributed by atoms with E-state index in [0.29, 0.717) is 12.4 Å². The van der Waals surface area contributed by atoms with Crippen LogP contribution in [0.2, 0.25) is 0 Å². The average Bonchev–Trinajstić information content (AvgIpc) is 2.79. The van der Waals surface area contributed by atoms with Gasteiger partial charge in [-0.1, -0.05) is 12.1 Å². The van der Waals surface area contributed by atoms with Crippen LogP contribution in [0.5, 0.6) is 0 Å². The van der Waals surface area contributed by atoms with Crippen molar-refractivity contribution in [2.45, 2.75) is 32.1 Å². The van der Waals surface area contributed by atoms with Gasteiger partial charge in [0.25, 0.3) is 0 Å². The van der Waals surface area contributed by atoms with E-state index in [1.54, 1.807) is 6.92 Å². The predicted molar refractivity (Wildman–Crippen MR) is 62.6 cm³/mol. The number of aromatic nitrogens is 4. The highest BCUT2D eigenvalue weighted by molar-refractivity contribution is 7.90. The molecule has 0 saturated heterocycles. The van der Waals surface area contributed by atoms with Gasteiger partial charge in [0.1, 0.15) is 0 Å². The summed E-state index contributed by atoms with van der Waals surface area (Å²) in [7, 11) is -3.35. The average molecular weight is 262 g/mol. The van der Waals surface area contributed by atoms with Gasteiger partial charge in [0, 0.05) is 6.54 Å². The van der Waals surface area contributed by atoms with Crippen molar-refractivity contribution >= 4 is 10.0 Å². The van der Waals surface area contributed by atoms with Crippen LogP contribution in [-0.4, -0.2) is 47.4 Å². The van der Waals surface area contributed by atoms with E-state index in [-0.39, 0.29) is 6.54 Å². The first kappa shape index (κ1) is 14.0. The molecule has 1 aromatic rings. The lowest BCUT2D eigenvalue weighted by molar-refractivity contribution is 0.555. The van der Waals surface area contributed by atoms with Gasteiger partial charge in [-0.25, -0.2) is 13.1 Å². The number of hydrogen-bond acceptors (Lipinski definition) is 6. The largest absolute Gasteiger partial charge is 0.315 e. The van der Waals surface area contributed by atoms with Gasteiger partial charge in [0.2, 0.25) is 10.0 Å². The van der Waals surface area contributed by atoms with Gasteiger partial charge in [-0.05, 0) is 19.9 Å². The van der Waals surface area contributed by atoms with Gasteiger partial charge in [0.15, 0.2) is 5.82 Å². The fourth-order valence-electron chi connectivity index (χ4n) is 1.16. The topological polar surface area (TPSA) is 113 Å². The molecule has 0 aromatic carbocycles. The number of hydrogen-bond donors (Lipinski definition) is 3. The Morgan fingerprint density at radius 2 is 2.24 bits per heavy atom. The highest BCUT2D eigenvalue weighted by Gasteiger charge is 2.20. The molecule has 0 radical (unpaired) electrons. The smallest absolute Gasteiger partial charge is 0.215 e. The minimum Gasteiger partial charge on any atom is -0.315 e. The molecule has 9 heteroatoms. The van der Waals surface area contributed by atoms with Crippen LogP contribution in [0, 0.1) is 0 Å². The second-order valence-corrected chi connectivity index (χ2v) is 5.89. The Morgan fingerprint density at radius 3 is 2.82 bits per heavy atom. The maximum atomic E-state index is 11.8. The molecule has 1 heterocycles. The summed E-state index contributed by atoms with van der Waals surface area (Å²) in [6, 6.07) is 0. The Morgan fingerprint density at radius 1 is 1.47 bits per heavy atom. The Labute approximate surface area is 101 Å². The van der Waals surface area contributed by atoms with Crippen LogP contribution in [0.1, 0.15) is 26.1 Å². The molecular weight excluding hydrogens is 244 g/mol. The number of sulfonamides is 1. The van der Waals surface area contributed by atoms with E-state index in [9.17, 15) is 8.42 Å². The summed E-state index contributed by atoms with van der Waals surface area (Å²) in [5.74, 6) is 0.322. The van der Waals surface area contributed by atoms with Crippen molar-refractivity contribution in [2.75, 3.05) is 13.1 Å². The Balaban J connectivity index is 2.39. The summed E-state index contributed by atoms with van der Waals surface area (Å²) in [5, 5.41) is 15.5. The van der Waals surface area contributed by atoms with Gasteiger partial charge >= 0.3 is 0 Å². The van der Waals surface area contributed by atoms with Crippen molar-refractivity contribution in [3.05, 3.63) is 5.82 Å². The molecule has 0 spiro atoms. The lowest BCUT2D eigenvalue weighted by Gasteiger charge is -2.13. The maximum absolute atomic E-state index is 11.8. The van der Waals surface area contributed by atoms with Crippen molar-refractivity contribution < 1.29 is 8.42 Å². The van der Waals surface area contributed by atoms with E-state index in [4.69, 9.17) is 0 Å². The summed E-state index contributed by atoms with van der Waals surface area (Å²) in [4.78, 5) is 0. The van der Waals surface area contributed by atoms with E-state index in [1.807, 2.05) is 6.92 Å². The SMILES string of the molecule is CCCNCC(C)S(=O)(=O)NCc1nn[nH]n1. The zero-order valence-electron chi connectivity index (χ0n) is 9.97. The fraction of sp³-hybridized carbons (Fsp3) is 0.875. The van der Waals surface area contributed by atoms with Crippen LogP contribution in [0.3, 0.4) is 0 Å². The number of rotatable bonds is 8. The summed E-state index contributed by atoms with van der Waals surface area (Å²) >= 11 is 0.